The van der Waals surface area contributed by atoms with Crippen LogP contribution < -0.4 is 10.6 Å². The molecule has 2 N–H and O–H groups in total. The summed E-state index contributed by atoms with van der Waals surface area (Å²) in [5, 5.41) is 6.64. The summed E-state index contributed by atoms with van der Waals surface area (Å²) >= 11 is 0. The van der Waals surface area contributed by atoms with Gasteiger partial charge in [0.25, 0.3) is 0 Å². The minimum Gasteiger partial charge on any atom is -0.311 e. The van der Waals surface area contributed by atoms with Gasteiger partial charge in [-0.15, -0.1) is 0 Å². The van der Waals surface area contributed by atoms with Crippen LogP contribution in [0.3, 0.4) is 0 Å². The fourth-order valence-electron chi connectivity index (χ4n) is 2.77. The first kappa shape index (κ1) is 12.3. The molecule has 0 radical (unpaired) electrons. The molecule has 98 valence electrons. The lowest BCUT2D eigenvalue weighted by atomic mass is 9.84. The molecule has 2 aliphatic rings. The van der Waals surface area contributed by atoms with E-state index in [0.29, 0.717) is 16.7 Å². The third-order valence-corrected chi connectivity index (χ3v) is 3.78. The predicted octanol–water partition coefficient (Wildman–Crippen LogP) is 0.942. The molecule has 1 fully saturated rings. The zero-order chi connectivity index (χ0) is 13.4. The minimum atomic E-state index is -0.0986. The average molecular weight is 256 g/mol. The highest BCUT2D eigenvalue weighted by Gasteiger charge is 2.33. The van der Waals surface area contributed by atoms with E-state index >= 15 is 0 Å². The summed E-state index contributed by atoms with van der Waals surface area (Å²) < 4.78 is 0. The number of hydrogen-bond acceptors (Lipinski definition) is 4. The van der Waals surface area contributed by atoms with Gasteiger partial charge in [0.05, 0.1) is 6.04 Å². The van der Waals surface area contributed by atoms with Crippen molar-refractivity contribution >= 4 is 11.6 Å². The van der Waals surface area contributed by atoms with Gasteiger partial charge in [-0.1, -0.05) is 24.3 Å². The van der Waals surface area contributed by atoms with Crippen LogP contribution in [-0.2, 0) is 0 Å². The van der Waals surface area contributed by atoms with Crippen LogP contribution in [0.2, 0.25) is 0 Å². The first-order valence-corrected chi connectivity index (χ1v) is 6.55. The van der Waals surface area contributed by atoms with Crippen molar-refractivity contribution in [3.8, 4) is 0 Å². The second-order valence-corrected chi connectivity index (χ2v) is 5.01. The third-order valence-electron chi connectivity index (χ3n) is 3.78. The van der Waals surface area contributed by atoms with Crippen LogP contribution in [0.25, 0.3) is 0 Å². The zero-order valence-corrected chi connectivity index (χ0v) is 10.8. The molecule has 0 amide bonds. The normalized spacial score (nSPS) is 26.9. The standard InChI is InChI=1S/C15H16N2O2/c1-9-14(17-7-6-16-9)12-8-13(18)10-4-2-3-5-11(10)15(12)19/h2-5,8-9,14,16-17H,6-7H2,1H3. The van der Waals surface area contributed by atoms with Gasteiger partial charge in [-0.05, 0) is 13.0 Å². The van der Waals surface area contributed by atoms with Crippen molar-refractivity contribution < 1.29 is 9.59 Å². The smallest absolute Gasteiger partial charge is 0.191 e. The van der Waals surface area contributed by atoms with Gasteiger partial charge in [0, 0.05) is 35.8 Å². The van der Waals surface area contributed by atoms with Gasteiger partial charge in [-0.2, -0.15) is 0 Å². The van der Waals surface area contributed by atoms with Crippen molar-refractivity contribution in [1.82, 2.24) is 10.6 Å². The van der Waals surface area contributed by atoms with Gasteiger partial charge < -0.3 is 10.6 Å². The van der Waals surface area contributed by atoms with Crippen LogP contribution in [0.1, 0.15) is 27.6 Å². The van der Waals surface area contributed by atoms with Crippen LogP contribution in [0.15, 0.2) is 35.9 Å². The Kier molecular flexibility index (Phi) is 3.05. The number of rotatable bonds is 1. The molecule has 2 atom stereocenters. The Hall–Kier alpha value is -1.78. The van der Waals surface area contributed by atoms with Crippen LogP contribution in [0, 0.1) is 0 Å². The molecule has 19 heavy (non-hydrogen) atoms. The third kappa shape index (κ3) is 2.03. The van der Waals surface area contributed by atoms with Crippen molar-refractivity contribution in [2.75, 3.05) is 13.1 Å². The number of Topliss-reactive ketones (excluding diaryl/α,β-unsaturated/α-hetero) is 1. The van der Waals surface area contributed by atoms with Crippen LogP contribution in [0.5, 0.6) is 0 Å². The SMILES string of the molecule is CC1NCCNC1C1=CC(=O)c2ccccc2C1=O. The van der Waals surface area contributed by atoms with E-state index in [1.54, 1.807) is 24.3 Å². The highest BCUT2D eigenvalue weighted by atomic mass is 16.1. The lowest BCUT2D eigenvalue weighted by Gasteiger charge is -2.33. The number of benzene rings is 1. The van der Waals surface area contributed by atoms with Crippen molar-refractivity contribution in [3.63, 3.8) is 0 Å². The summed E-state index contributed by atoms with van der Waals surface area (Å²) in [6.07, 6.45) is 1.49. The summed E-state index contributed by atoms with van der Waals surface area (Å²) in [6.45, 7) is 3.70. The second kappa shape index (κ2) is 4.72. The maximum Gasteiger partial charge on any atom is 0.191 e. The van der Waals surface area contributed by atoms with E-state index in [1.807, 2.05) is 6.92 Å². The van der Waals surface area contributed by atoms with Gasteiger partial charge in [0.15, 0.2) is 11.6 Å². The molecule has 1 aromatic carbocycles. The van der Waals surface area contributed by atoms with Crippen molar-refractivity contribution in [2.45, 2.75) is 19.0 Å². The summed E-state index contributed by atoms with van der Waals surface area (Å²) in [6, 6.07) is 7.05. The number of ketones is 2. The number of fused-ring (bicyclic) bond motifs is 1. The van der Waals surface area contributed by atoms with E-state index in [0.717, 1.165) is 13.1 Å². The van der Waals surface area contributed by atoms with E-state index in [9.17, 15) is 9.59 Å². The minimum absolute atomic E-state index is 0.0387. The van der Waals surface area contributed by atoms with Crippen LogP contribution >= 0.6 is 0 Å². The molecule has 1 saturated heterocycles. The summed E-state index contributed by atoms with van der Waals surface area (Å²) in [4.78, 5) is 24.6. The molecule has 1 aliphatic carbocycles. The Bertz CT molecular complexity index is 577. The molecule has 0 saturated carbocycles. The van der Waals surface area contributed by atoms with E-state index in [2.05, 4.69) is 10.6 Å². The molecular formula is C15H16N2O2. The summed E-state index contributed by atoms with van der Waals surface area (Å²) in [7, 11) is 0. The molecule has 3 rings (SSSR count). The number of nitrogens with one attached hydrogen (secondary N) is 2. The maximum absolute atomic E-state index is 12.5. The Morgan fingerprint density at radius 3 is 2.47 bits per heavy atom. The molecule has 0 bridgehead atoms. The molecule has 0 spiro atoms. The van der Waals surface area contributed by atoms with E-state index < -0.39 is 0 Å². The molecule has 1 aliphatic heterocycles. The van der Waals surface area contributed by atoms with Gasteiger partial charge in [-0.25, -0.2) is 0 Å². The van der Waals surface area contributed by atoms with Crippen LogP contribution in [-0.4, -0.2) is 36.7 Å². The van der Waals surface area contributed by atoms with Gasteiger partial charge in [-0.3, -0.25) is 9.59 Å². The lowest BCUT2D eigenvalue weighted by molar-refractivity contribution is 0.0973. The summed E-state index contributed by atoms with van der Waals surface area (Å²) in [5.74, 6) is -0.118. The van der Waals surface area contributed by atoms with Crippen molar-refractivity contribution in [2.24, 2.45) is 0 Å². The van der Waals surface area contributed by atoms with Crippen molar-refractivity contribution in [3.05, 3.63) is 47.0 Å². The zero-order valence-electron chi connectivity index (χ0n) is 10.8. The fraction of sp³-hybridized carbons (Fsp3) is 0.333. The van der Waals surface area contributed by atoms with E-state index in [4.69, 9.17) is 0 Å². The first-order valence-electron chi connectivity index (χ1n) is 6.55. The largest absolute Gasteiger partial charge is 0.311 e. The van der Waals surface area contributed by atoms with Gasteiger partial charge in [0.1, 0.15) is 0 Å². The Balaban J connectivity index is 2.00. The number of piperazine rings is 1. The predicted molar refractivity (Wildman–Crippen MR) is 72.4 cm³/mol. The average Bonchev–Trinajstić information content (AvgIpc) is 2.44. The Morgan fingerprint density at radius 1 is 1.05 bits per heavy atom. The molecular weight excluding hydrogens is 240 g/mol. The molecule has 2 unspecified atom stereocenters. The number of allylic oxidation sites excluding steroid dienone is 1. The first-order chi connectivity index (χ1) is 9.18. The van der Waals surface area contributed by atoms with Gasteiger partial charge in [0.2, 0.25) is 0 Å². The molecule has 1 aromatic rings. The van der Waals surface area contributed by atoms with E-state index in [1.165, 1.54) is 6.08 Å². The second-order valence-electron chi connectivity index (χ2n) is 5.01. The van der Waals surface area contributed by atoms with Gasteiger partial charge >= 0.3 is 0 Å². The lowest BCUT2D eigenvalue weighted by Crippen LogP contribution is -2.56. The topological polar surface area (TPSA) is 58.2 Å². The quantitative estimate of drug-likeness (QED) is 0.785. The van der Waals surface area contributed by atoms with Crippen molar-refractivity contribution in [1.29, 1.82) is 0 Å². The number of carbonyl (C=O) groups is 2. The highest BCUT2D eigenvalue weighted by molar-refractivity contribution is 6.25. The Morgan fingerprint density at radius 2 is 1.74 bits per heavy atom. The van der Waals surface area contributed by atoms with Crippen LogP contribution in [0.4, 0.5) is 0 Å². The van der Waals surface area contributed by atoms with E-state index in [-0.39, 0.29) is 23.7 Å². The molecule has 4 nitrogen and oxygen atoms in total. The maximum atomic E-state index is 12.5. The molecule has 0 aromatic heterocycles. The number of carbonyl (C=O) groups excluding carboxylic acids is 2. The summed E-state index contributed by atoms with van der Waals surface area (Å²) in [5.41, 5.74) is 1.60. The molecule has 4 heteroatoms. The fourth-order valence-corrected chi connectivity index (χ4v) is 2.77. The Labute approximate surface area is 111 Å². The number of hydrogen-bond donors (Lipinski definition) is 2. The molecule has 1 heterocycles. The monoisotopic (exact) mass is 256 g/mol. The highest BCUT2D eigenvalue weighted by Crippen LogP contribution is 2.24.